The maximum Gasteiger partial charge on any atom is 0.280 e. The van der Waals surface area contributed by atoms with Crippen LogP contribution in [0.1, 0.15) is 0 Å². The van der Waals surface area contributed by atoms with Gasteiger partial charge in [-0.05, 0) is 23.8 Å². The molecular formula is C20H19FN6O2. The zero-order valence-corrected chi connectivity index (χ0v) is 15.7. The number of fused-ring (bicyclic) bond motifs is 3. The van der Waals surface area contributed by atoms with Crippen molar-refractivity contribution >= 4 is 16.7 Å². The molecule has 0 unspecified atom stereocenters. The maximum atomic E-state index is 13.2. The molecule has 0 bridgehead atoms. The summed E-state index contributed by atoms with van der Waals surface area (Å²) < 4.78 is 21.8. The molecule has 1 aromatic carbocycles. The highest BCUT2D eigenvalue weighted by Crippen LogP contribution is 2.24. The van der Waals surface area contributed by atoms with E-state index >= 15 is 0 Å². The van der Waals surface area contributed by atoms with E-state index in [1.807, 2.05) is 6.07 Å². The summed E-state index contributed by atoms with van der Waals surface area (Å²) in [4.78, 5) is 15.2. The fourth-order valence-electron chi connectivity index (χ4n) is 3.61. The predicted octanol–water partition coefficient (Wildman–Crippen LogP) is 1.58. The van der Waals surface area contributed by atoms with Crippen molar-refractivity contribution in [3.05, 3.63) is 58.9 Å². The molecule has 0 amide bonds. The minimum absolute atomic E-state index is 0.191. The number of hydrogen-bond donors (Lipinski definition) is 0. The summed E-state index contributed by atoms with van der Waals surface area (Å²) in [7, 11) is 0. The molecule has 1 fully saturated rings. The highest BCUT2D eigenvalue weighted by Gasteiger charge is 2.15. The van der Waals surface area contributed by atoms with Crippen LogP contribution < -0.4 is 5.56 Å². The third-order valence-electron chi connectivity index (χ3n) is 5.25. The molecule has 0 N–H and O–H groups in total. The highest BCUT2D eigenvalue weighted by molar-refractivity contribution is 5.82. The highest BCUT2D eigenvalue weighted by atomic mass is 19.1. The zero-order chi connectivity index (χ0) is 19.8. The van der Waals surface area contributed by atoms with Gasteiger partial charge in [0.2, 0.25) is 0 Å². The number of hydrogen-bond acceptors (Lipinski definition) is 6. The Morgan fingerprint density at radius 1 is 1.03 bits per heavy atom. The first-order valence-electron chi connectivity index (χ1n) is 9.50. The average molecular weight is 394 g/mol. The first-order chi connectivity index (χ1) is 14.2. The van der Waals surface area contributed by atoms with Crippen LogP contribution in [0.3, 0.4) is 0 Å². The molecule has 0 spiro atoms. The van der Waals surface area contributed by atoms with E-state index in [1.54, 1.807) is 33.6 Å². The topological polar surface area (TPSA) is 77.6 Å². The molecular weight excluding hydrogens is 375 g/mol. The second-order valence-electron chi connectivity index (χ2n) is 7.00. The number of aromatic nitrogens is 5. The molecule has 0 radical (unpaired) electrons. The van der Waals surface area contributed by atoms with Gasteiger partial charge in [0, 0.05) is 37.9 Å². The first kappa shape index (κ1) is 17.9. The Morgan fingerprint density at radius 2 is 1.83 bits per heavy atom. The lowest BCUT2D eigenvalue weighted by atomic mass is 10.1. The van der Waals surface area contributed by atoms with Crippen molar-refractivity contribution in [2.45, 2.75) is 6.54 Å². The Hall–Kier alpha value is -3.17. The van der Waals surface area contributed by atoms with Gasteiger partial charge in [0.05, 0.1) is 19.4 Å². The van der Waals surface area contributed by atoms with Crippen LogP contribution in [0.2, 0.25) is 0 Å². The van der Waals surface area contributed by atoms with Crippen LogP contribution >= 0.6 is 0 Å². The van der Waals surface area contributed by atoms with Crippen molar-refractivity contribution < 1.29 is 9.13 Å². The van der Waals surface area contributed by atoms with E-state index in [1.165, 1.54) is 12.1 Å². The molecule has 1 saturated heterocycles. The van der Waals surface area contributed by atoms with Crippen molar-refractivity contribution in [3.8, 4) is 11.1 Å². The van der Waals surface area contributed by atoms with E-state index in [-0.39, 0.29) is 16.9 Å². The monoisotopic (exact) mass is 394 g/mol. The summed E-state index contributed by atoms with van der Waals surface area (Å²) in [5, 5.41) is 12.8. The van der Waals surface area contributed by atoms with Gasteiger partial charge in [-0.3, -0.25) is 9.69 Å². The van der Waals surface area contributed by atoms with E-state index in [0.717, 1.165) is 44.0 Å². The van der Waals surface area contributed by atoms with Gasteiger partial charge in [-0.2, -0.15) is 5.10 Å². The smallest absolute Gasteiger partial charge is 0.280 e. The summed E-state index contributed by atoms with van der Waals surface area (Å²) >= 11 is 0. The average Bonchev–Trinajstić information content (AvgIpc) is 3.19. The van der Waals surface area contributed by atoms with Crippen LogP contribution in [0.4, 0.5) is 4.39 Å². The SMILES string of the molecule is O=c1c2nnc3c(-c4ccc(F)cc4)cnn3c2ccn1CCN1CCOCC1. The Balaban J connectivity index is 1.50. The molecule has 0 aliphatic carbocycles. The van der Waals surface area contributed by atoms with Gasteiger partial charge < -0.3 is 9.30 Å². The largest absolute Gasteiger partial charge is 0.379 e. The fourth-order valence-corrected chi connectivity index (χ4v) is 3.61. The van der Waals surface area contributed by atoms with Crippen molar-refractivity contribution in [1.29, 1.82) is 0 Å². The van der Waals surface area contributed by atoms with Crippen LogP contribution in [0.15, 0.2) is 47.5 Å². The molecule has 9 heteroatoms. The lowest BCUT2D eigenvalue weighted by Crippen LogP contribution is -2.39. The molecule has 0 atom stereocenters. The molecule has 1 aliphatic heterocycles. The van der Waals surface area contributed by atoms with Crippen molar-refractivity contribution in [2.75, 3.05) is 32.8 Å². The van der Waals surface area contributed by atoms with Gasteiger partial charge >= 0.3 is 0 Å². The lowest BCUT2D eigenvalue weighted by Gasteiger charge is -2.26. The van der Waals surface area contributed by atoms with Gasteiger partial charge in [0.15, 0.2) is 11.2 Å². The minimum Gasteiger partial charge on any atom is -0.379 e. The van der Waals surface area contributed by atoms with E-state index in [2.05, 4.69) is 20.2 Å². The van der Waals surface area contributed by atoms with E-state index in [4.69, 9.17) is 4.74 Å². The van der Waals surface area contributed by atoms with Crippen molar-refractivity contribution in [2.24, 2.45) is 0 Å². The van der Waals surface area contributed by atoms with Gasteiger partial charge in [0.25, 0.3) is 5.56 Å². The summed E-state index contributed by atoms with van der Waals surface area (Å²) in [6.45, 7) is 4.57. The number of nitrogens with zero attached hydrogens (tertiary/aromatic N) is 6. The quantitative estimate of drug-likeness (QED) is 0.523. The summed E-state index contributed by atoms with van der Waals surface area (Å²) in [6, 6.07) is 7.95. The van der Waals surface area contributed by atoms with Gasteiger partial charge in [0.1, 0.15) is 11.3 Å². The summed E-state index contributed by atoms with van der Waals surface area (Å²) in [6.07, 6.45) is 3.42. The van der Waals surface area contributed by atoms with Crippen LogP contribution in [-0.2, 0) is 11.3 Å². The zero-order valence-electron chi connectivity index (χ0n) is 15.7. The van der Waals surface area contributed by atoms with Crippen LogP contribution in [0.25, 0.3) is 27.8 Å². The Kier molecular flexibility index (Phi) is 4.53. The molecule has 8 nitrogen and oxygen atoms in total. The Bertz CT molecular complexity index is 1230. The molecule has 3 aromatic heterocycles. The van der Waals surface area contributed by atoms with Gasteiger partial charge in [-0.25, -0.2) is 8.91 Å². The van der Waals surface area contributed by atoms with Gasteiger partial charge in [-0.15, -0.1) is 10.2 Å². The molecule has 29 heavy (non-hydrogen) atoms. The number of benzene rings is 1. The number of ether oxygens (including phenoxy) is 1. The molecule has 4 heterocycles. The number of halogens is 1. The van der Waals surface area contributed by atoms with Crippen LogP contribution in [-0.4, -0.2) is 62.1 Å². The number of morpholine rings is 1. The van der Waals surface area contributed by atoms with Crippen LogP contribution in [0.5, 0.6) is 0 Å². The molecule has 4 aromatic rings. The fraction of sp³-hybridized carbons (Fsp3) is 0.300. The molecule has 1 aliphatic rings. The van der Waals surface area contributed by atoms with Gasteiger partial charge in [-0.1, -0.05) is 12.1 Å². The Labute approximate surface area is 165 Å². The molecule has 148 valence electrons. The maximum absolute atomic E-state index is 13.2. The second kappa shape index (κ2) is 7.34. The molecule has 0 saturated carbocycles. The van der Waals surface area contributed by atoms with E-state index < -0.39 is 0 Å². The third kappa shape index (κ3) is 3.28. The van der Waals surface area contributed by atoms with Crippen LogP contribution in [0, 0.1) is 5.82 Å². The lowest BCUT2D eigenvalue weighted by molar-refractivity contribution is 0.0363. The van der Waals surface area contributed by atoms with E-state index in [0.29, 0.717) is 17.7 Å². The third-order valence-corrected chi connectivity index (χ3v) is 5.25. The summed E-state index contributed by atoms with van der Waals surface area (Å²) in [5.41, 5.74) is 2.72. The number of pyridine rings is 1. The van der Waals surface area contributed by atoms with Crippen molar-refractivity contribution in [3.63, 3.8) is 0 Å². The number of rotatable bonds is 4. The second-order valence-corrected chi connectivity index (χ2v) is 7.00. The Morgan fingerprint density at radius 3 is 2.62 bits per heavy atom. The minimum atomic E-state index is -0.306. The first-order valence-corrected chi connectivity index (χ1v) is 9.50. The summed E-state index contributed by atoms with van der Waals surface area (Å²) in [5.74, 6) is -0.306. The van der Waals surface area contributed by atoms with E-state index in [9.17, 15) is 9.18 Å². The van der Waals surface area contributed by atoms with Crippen molar-refractivity contribution in [1.82, 2.24) is 29.3 Å². The molecule has 5 rings (SSSR count). The predicted molar refractivity (Wildman–Crippen MR) is 105 cm³/mol. The normalized spacial score (nSPS) is 15.3. The standard InChI is InChI=1S/C20H19FN6O2/c21-15-3-1-14(2-4-15)16-13-22-27-17-5-6-26(8-7-25-9-11-29-12-10-25)20(28)18(17)23-24-19(16)27/h1-6,13H,7-12H2.